The molecule has 3 N–H and O–H groups in total. The van der Waals surface area contributed by atoms with Crippen LogP contribution in [0.25, 0.3) is 0 Å². The minimum atomic E-state index is 0.627. The second-order valence-corrected chi connectivity index (χ2v) is 5.20. The molecule has 1 saturated heterocycles. The highest BCUT2D eigenvalue weighted by Crippen LogP contribution is 2.26. The quantitative estimate of drug-likeness (QED) is 0.802. The van der Waals surface area contributed by atoms with E-state index < -0.39 is 0 Å². The fourth-order valence-corrected chi connectivity index (χ4v) is 2.56. The molecule has 1 aliphatic rings. The third-order valence-corrected chi connectivity index (χ3v) is 3.78. The van der Waals surface area contributed by atoms with E-state index in [0.717, 1.165) is 18.0 Å². The normalized spacial score (nSPS) is 20.2. The maximum absolute atomic E-state index is 5.88. The van der Waals surface area contributed by atoms with Gasteiger partial charge in [0.2, 0.25) is 0 Å². The fourth-order valence-electron chi connectivity index (χ4n) is 2.56. The number of nitrogens with two attached hydrogens (primary N) is 1. The maximum atomic E-state index is 5.88. The first-order chi connectivity index (χ1) is 9.20. The first-order valence-electron chi connectivity index (χ1n) is 7.17. The van der Waals surface area contributed by atoms with Gasteiger partial charge in [-0.25, -0.2) is 0 Å². The average molecular weight is 263 g/mol. The van der Waals surface area contributed by atoms with Gasteiger partial charge < -0.3 is 20.7 Å². The van der Waals surface area contributed by atoms with Gasteiger partial charge in [-0.15, -0.1) is 0 Å². The van der Waals surface area contributed by atoms with Gasteiger partial charge in [0.1, 0.15) is 5.75 Å². The first kappa shape index (κ1) is 14.0. The molecule has 1 atom stereocenters. The molecule has 0 bridgehead atoms. The second-order valence-electron chi connectivity index (χ2n) is 5.20. The summed E-state index contributed by atoms with van der Waals surface area (Å²) in [5.74, 6) is 0.768. The molecule has 1 heterocycles. The molecule has 1 aromatic rings. The van der Waals surface area contributed by atoms with Gasteiger partial charge in [0.25, 0.3) is 0 Å². The number of piperidine rings is 1. The molecule has 1 fully saturated rings. The number of likely N-dealkylation sites (N-methyl/N-ethyl adjacent to an activating group) is 1. The zero-order valence-corrected chi connectivity index (χ0v) is 12.0. The lowest BCUT2D eigenvalue weighted by atomic mass is 10.0. The summed E-state index contributed by atoms with van der Waals surface area (Å²) in [5, 5.41) is 3.49. The van der Waals surface area contributed by atoms with Crippen molar-refractivity contribution in [3.05, 3.63) is 18.2 Å². The van der Waals surface area contributed by atoms with Crippen molar-refractivity contribution in [2.75, 3.05) is 37.8 Å². The number of benzene rings is 1. The van der Waals surface area contributed by atoms with E-state index in [1.165, 1.54) is 25.8 Å². The summed E-state index contributed by atoms with van der Waals surface area (Å²) in [4.78, 5) is 2.44. The van der Waals surface area contributed by atoms with E-state index in [2.05, 4.69) is 17.3 Å². The van der Waals surface area contributed by atoms with Crippen molar-refractivity contribution in [3.8, 4) is 5.75 Å². The fraction of sp³-hybridized carbons (Fsp3) is 0.600. The molecular weight excluding hydrogens is 238 g/mol. The molecule has 1 unspecified atom stereocenters. The Morgan fingerprint density at radius 1 is 1.42 bits per heavy atom. The number of anilines is 2. The number of rotatable bonds is 5. The Morgan fingerprint density at radius 3 is 3.00 bits per heavy atom. The van der Waals surface area contributed by atoms with Gasteiger partial charge in [0.05, 0.1) is 12.3 Å². The summed E-state index contributed by atoms with van der Waals surface area (Å²) in [6, 6.07) is 6.53. The molecular formula is C15H25N3O. The summed E-state index contributed by atoms with van der Waals surface area (Å²) in [7, 11) is 2.21. The second kappa shape index (κ2) is 6.66. The zero-order chi connectivity index (χ0) is 13.7. The number of ether oxygens (including phenoxy) is 1. The third-order valence-electron chi connectivity index (χ3n) is 3.78. The largest absolute Gasteiger partial charge is 0.492 e. The molecule has 4 heteroatoms. The van der Waals surface area contributed by atoms with Gasteiger partial charge in [-0.1, -0.05) is 6.42 Å². The lowest BCUT2D eigenvalue weighted by Crippen LogP contribution is -2.40. The van der Waals surface area contributed by atoms with E-state index in [4.69, 9.17) is 10.5 Å². The van der Waals surface area contributed by atoms with Crippen LogP contribution in [0.3, 0.4) is 0 Å². The Balaban J connectivity index is 1.93. The highest BCUT2D eigenvalue weighted by atomic mass is 16.5. The average Bonchev–Trinajstić information content (AvgIpc) is 2.41. The molecule has 1 aliphatic heterocycles. The van der Waals surface area contributed by atoms with E-state index in [1.807, 2.05) is 25.1 Å². The molecule has 0 aromatic heterocycles. The van der Waals surface area contributed by atoms with Crippen molar-refractivity contribution in [2.45, 2.75) is 32.2 Å². The minimum absolute atomic E-state index is 0.627. The molecule has 0 radical (unpaired) electrons. The van der Waals surface area contributed by atoms with Crippen LogP contribution in [0.4, 0.5) is 11.4 Å². The van der Waals surface area contributed by atoms with E-state index in [1.54, 1.807) is 0 Å². The van der Waals surface area contributed by atoms with Gasteiger partial charge in [-0.3, -0.25) is 0 Å². The molecule has 0 amide bonds. The standard InChI is InChI=1S/C15H25N3O/c1-3-19-15-10-12(7-8-14(15)16)17-11-13-6-4-5-9-18(13)2/h7-8,10,13,17H,3-6,9,11,16H2,1-2H3. The van der Waals surface area contributed by atoms with Crippen molar-refractivity contribution in [3.63, 3.8) is 0 Å². The van der Waals surface area contributed by atoms with Gasteiger partial charge in [-0.2, -0.15) is 0 Å². The molecule has 1 aromatic carbocycles. The molecule has 2 rings (SSSR count). The summed E-state index contributed by atoms with van der Waals surface area (Å²) in [6.07, 6.45) is 3.93. The summed E-state index contributed by atoms with van der Waals surface area (Å²) >= 11 is 0. The van der Waals surface area contributed by atoms with Gasteiger partial charge in [0, 0.05) is 24.3 Å². The molecule has 0 spiro atoms. The Kier molecular flexibility index (Phi) is 4.91. The van der Waals surface area contributed by atoms with Crippen LogP contribution in [0.2, 0.25) is 0 Å². The monoisotopic (exact) mass is 263 g/mol. The van der Waals surface area contributed by atoms with Crippen LogP contribution in [-0.4, -0.2) is 37.7 Å². The Morgan fingerprint density at radius 2 is 2.26 bits per heavy atom. The number of hydrogen-bond donors (Lipinski definition) is 2. The SMILES string of the molecule is CCOc1cc(NCC2CCCCN2C)ccc1N. The van der Waals surface area contributed by atoms with Crippen molar-refractivity contribution in [1.29, 1.82) is 0 Å². The van der Waals surface area contributed by atoms with Gasteiger partial charge >= 0.3 is 0 Å². The molecule has 106 valence electrons. The van der Waals surface area contributed by atoms with Crippen molar-refractivity contribution in [2.24, 2.45) is 0 Å². The minimum Gasteiger partial charge on any atom is -0.492 e. The number of hydrogen-bond acceptors (Lipinski definition) is 4. The molecule has 4 nitrogen and oxygen atoms in total. The first-order valence-corrected chi connectivity index (χ1v) is 7.17. The van der Waals surface area contributed by atoms with Gasteiger partial charge in [0.15, 0.2) is 0 Å². The van der Waals surface area contributed by atoms with Crippen LogP contribution in [0.5, 0.6) is 5.75 Å². The number of likely N-dealkylation sites (tertiary alicyclic amines) is 1. The third kappa shape index (κ3) is 3.77. The van der Waals surface area contributed by atoms with Crippen molar-refractivity contribution in [1.82, 2.24) is 4.90 Å². The smallest absolute Gasteiger partial charge is 0.144 e. The highest BCUT2D eigenvalue weighted by Gasteiger charge is 2.18. The summed E-state index contributed by atoms with van der Waals surface area (Å²) in [6.45, 7) is 4.79. The summed E-state index contributed by atoms with van der Waals surface area (Å²) in [5.41, 5.74) is 7.65. The Bertz CT molecular complexity index is 408. The van der Waals surface area contributed by atoms with E-state index in [-0.39, 0.29) is 0 Å². The molecule has 0 aliphatic carbocycles. The lowest BCUT2D eigenvalue weighted by Gasteiger charge is -2.32. The van der Waals surface area contributed by atoms with Crippen LogP contribution in [-0.2, 0) is 0 Å². The Labute approximate surface area is 115 Å². The molecule has 0 saturated carbocycles. The van der Waals surface area contributed by atoms with E-state index in [9.17, 15) is 0 Å². The van der Waals surface area contributed by atoms with E-state index in [0.29, 0.717) is 18.3 Å². The topological polar surface area (TPSA) is 50.5 Å². The predicted molar refractivity (Wildman–Crippen MR) is 80.8 cm³/mol. The summed E-state index contributed by atoms with van der Waals surface area (Å²) < 4.78 is 5.51. The van der Waals surface area contributed by atoms with Crippen molar-refractivity contribution >= 4 is 11.4 Å². The van der Waals surface area contributed by atoms with Crippen LogP contribution in [0.15, 0.2) is 18.2 Å². The van der Waals surface area contributed by atoms with Crippen LogP contribution >= 0.6 is 0 Å². The predicted octanol–water partition coefficient (Wildman–Crippen LogP) is 2.56. The Hall–Kier alpha value is -1.42. The van der Waals surface area contributed by atoms with Crippen LogP contribution in [0.1, 0.15) is 26.2 Å². The number of nitrogen functional groups attached to an aromatic ring is 1. The van der Waals surface area contributed by atoms with Crippen LogP contribution < -0.4 is 15.8 Å². The highest BCUT2D eigenvalue weighted by molar-refractivity contribution is 5.61. The number of nitrogens with one attached hydrogen (secondary N) is 1. The van der Waals surface area contributed by atoms with Crippen molar-refractivity contribution < 1.29 is 4.74 Å². The van der Waals surface area contributed by atoms with Gasteiger partial charge in [-0.05, 0) is 45.5 Å². The lowest BCUT2D eigenvalue weighted by molar-refractivity contribution is 0.194. The molecule has 19 heavy (non-hydrogen) atoms. The maximum Gasteiger partial charge on any atom is 0.144 e. The van der Waals surface area contributed by atoms with E-state index >= 15 is 0 Å². The number of nitrogens with zero attached hydrogens (tertiary/aromatic N) is 1. The zero-order valence-electron chi connectivity index (χ0n) is 12.0. The van der Waals surface area contributed by atoms with Crippen LogP contribution in [0, 0.1) is 0 Å².